The topological polar surface area (TPSA) is 75.6 Å². The average molecular weight is 356 g/mol. The summed E-state index contributed by atoms with van der Waals surface area (Å²) in [6.45, 7) is 3.26. The molecule has 0 heterocycles. The van der Waals surface area contributed by atoms with Gasteiger partial charge in [-0.1, -0.05) is 37.8 Å². The van der Waals surface area contributed by atoms with Gasteiger partial charge in [0.1, 0.15) is 5.75 Å². The van der Waals surface area contributed by atoms with Crippen LogP contribution in [0.5, 0.6) is 5.75 Å². The normalized spacial score (nSPS) is 10.4. The molecule has 0 spiro atoms. The Bertz CT molecular complexity index is 534. The highest BCUT2D eigenvalue weighted by atomic mass is 35.5. The smallest absolute Gasteiger partial charge is 0.303 e. The first-order chi connectivity index (χ1) is 11.5. The average Bonchev–Trinajstić information content (AvgIpc) is 2.54. The van der Waals surface area contributed by atoms with Crippen molar-refractivity contribution in [3.8, 4) is 5.75 Å². The van der Waals surface area contributed by atoms with Crippen LogP contribution in [0, 0.1) is 0 Å². The van der Waals surface area contributed by atoms with Gasteiger partial charge in [-0.25, -0.2) is 0 Å². The molecular formula is C18H26ClNO4. The second-order valence-electron chi connectivity index (χ2n) is 5.65. The number of nitrogens with one attached hydrogen (secondary N) is 1. The molecule has 0 aliphatic carbocycles. The van der Waals surface area contributed by atoms with Crippen LogP contribution in [0.3, 0.4) is 0 Å². The molecule has 6 heteroatoms. The first-order valence-electron chi connectivity index (χ1n) is 8.42. The van der Waals surface area contributed by atoms with Crippen LogP contribution >= 0.6 is 11.6 Å². The summed E-state index contributed by atoms with van der Waals surface area (Å²) in [6.07, 6.45) is 4.98. The van der Waals surface area contributed by atoms with Crippen LogP contribution in [0.1, 0.15) is 51.0 Å². The quantitative estimate of drug-likeness (QED) is 0.559. The lowest BCUT2D eigenvalue weighted by Crippen LogP contribution is -2.26. The summed E-state index contributed by atoms with van der Waals surface area (Å²) in [6, 6.07) is 5.48. The summed E-state index contributed by atoms with van der Waals surface area (Å²) in [5.41, 5.74) is 0.941. The van der Waals surface area contributed by atoms with E-state index < -0.39 is 5.97 Å². The molecule has 1 rings (SSSR count). The lowest BCUT2D eigenvalue weighted by atomic mass is 10.1. The fourth-order valence-electron chi connectivity index (χ4n) is 2.24. The molecule has 5 nitrogen and oxygen atoms in total. The Morgan fingerprint density at radius 1 is 1.21 bits per heavy atom. The Kier molecular flexibility index (Phi) is 9.92. The standard InChI is InChI=1S/C18H26ClNO4/c1-2-3-4-5-12-24-16-7-6-15(19)13-14(16)10-11-20-17(21)8-9-18(22)23/h6-7,13H,2-5,8-12H2,1H3,(H,20,21)(H,22,23). The Balaban J connectivity index is 2.43. The van der Waals surface area contributed by atoms with Gasteiger partial charge in [-0.05, 0) is 36.6 Å². The van der Waals surface area contributed by atoms with Gasteiger partial charge in [0.15, 0.2) is 0 Å². The Morgan fingerprint density at radius 3 is 2.71 bits per heavy atom. The van der Waals surface area contributed by atoms with E-state index in [4.69, 9.17) is 21.4 Å². The molecule has 0 aromatic heterocycles. The van der Waals surface area contributed by atoms with E-state index in [9.17, 15) is 9.59 Å². The van der Waals surface area contributed by atoms with E-state index in [1.807, 2.05) is 12.1 Å². The third-order valence-electron chi connectivity index (χ3n) is 3.56. The zero-order valence-corrected chi connectivity index (χ0v) is 14.9. The van der Waals surface area contributed by atoms with E-state index in [1.165, 1.54) is 12.8 Å². The van der Waals surface area contributed by atoms with Crippen molar-refractivity contribution in [1.82, 2.24) is 5.32 Å². The third-order valence-corrected chi connectivity index (χ3v) is 3.80. The summed E-state index contributed by atoms with van der Waals surface area (Å²) < 4.78 is 5.83. The molecule has 0 atom stereocenters. The number of rotatable bonds is 12. The van der Waals surface area contributed by atoms with Crippen molar-refractivity contribution >= 4 is 23.5 Å². The Morgan fingerprint density at radius 2 is 2.00 bits per heavy atom. The molecule has 24 heavy (non-hydrogen) atoms. The lowest BCUT2D eigenvalue weighted by Gasteiger charge is -2.12. The number of benzene rings is 1. The monoisotopic (exact) mass is 355 g/mol. The summed E-state index contributed by atoms with van der Waals surface area (Å²) >= 11 is 6.04. The Hall–Kier alpha value is -1.75. The van der Waals surface area contributed by atoms with Gasteiger partial charge in [-0.15, -0.1) is 0 Å². The van der Waals surface area contributed by atoms with Crippen molar-refractivity contribution in [2.75, 3.05) is 13.2 Å². The molecule has 0 unspecified atom stereocenters. The maximum atomic E-state index is 11.5. The summed E-state index contributed by atoms with van der Waals surface area (Å²) in [5, 5.41) is 11.9. The van der Waals surface area contributed by atoms with Gasteiger partial charge in [0, 0.05) is 18.0 Å². The van der Waals surface area contributed by atoms with Crippen LogP contribution in [0.25, 0.3) is 0 Å². The van der Waals surface area contributed by atoms with Crippen LogP contribution in [0.15, 0.2) is 18.2 Å². The first kappa shape index (κ1) is 20.3. The molecule has 1 amide bonds. The maximum Gasteiger partial charge on any atom is 0.303 e. The second-order valence-corrected chi connectivity index (χ2v) is 6.09. The summed E-state index contributed by atoms with van der Waals surface area (Å²) in [5.74, 6) is -0.448. The van der Waals surface area contributed by atoms with Crippen LogP contribution < -0.4 is 10.1 Å². The highest BCUT2D eigenvalue weighted by molar-refractivity contribution is 6.30. The van der Waals surface area contributed by atoms with Gasteiger partial charge in [-0.3, -0.25) is 9.59 Å². The number of carbonyl (C=O) groups excluding carboxylic acids is 1. The third kappa shape index (κ3) is 8.77. The van der Waals surface area contributed by atoms with Crippen LogP contribution in [0.2, 0.25) is 5.02 Å². The molecule has 0 aliphatic heterocycles. The molecular weight excluding hydrogens is 330 g/mol. The van der Waals surface area contributed by atoms with Gasteiger partial charge in [-0.2, -0.15) is 0 Å². The summed E-state index contributed by atoms with van der Waals surface area (Å²) in [7, 11) is 0. The zero-order valence-electron chi connectivity index (χ0n) is 14.1. The number of ether oxygens (including phenoxy) is 1. The van der Waals surface area contributed by atoms with E-state index >= 15 is 0 Å². The molecule has 0 fully saturated rings. The molecule has 134 valence electrons. The largest absolute Gasteiger partial charge is 0.493 e. The molecule has 2 N–H and O–H groups in total. The minimum absolute atomic E-state index is 0.00827. The van der Waals surface area contributed by atoms with Crippen molar-refractivity contribution in [3.05, 3.63) is 28.8 Å². The molecule has 0 aliphatic rings. The number of carboxylic acid groups (broad SMARTS) is 1. The molecule has 0 bridgehead atoms. The molecule has 0 radical (unpaired) electrons. The van der Waals surface area contributed by atoms with Gasteiger partial charge in [0.25, 0.3) is 0 Å². The van der Waals surface area contributed by atoms with E-state index in [0.717, 1.165) is 24.2 Å². The molecule has 1 aromatic rings. The van der Waals surface area contributed by atoms with Crippen molar-refractivity contribution < 1.29 is 19.4 Å². The lowest BCUT2D eigenvalue weighted by molar-refractivity contribution is -0.138. The maximum absolute atomic E-state index is 11.5. The molecule has 1 aromatic carbocycles. The number of carboxylic acids is 1. The van der Waals surface area contributed by atoms with Crippen molar-refractivity contribution in [1.29, 1.82) is 0 Å². The minimum atomic E-state index is -0.973. The zero-order chi connectivity index (χ0) is 17.8. The van der Waals surface area contributed by atoms with E-state index in [0.29, 0.717) is 24.6 Å². The predicted octanol–water partition coefficient (Wildman–Crippen LogP) is 3.82. The van der Waals surface area contributed by atoms with Crippen LogP contribution in [-0.4, -0.2) is 30.1 Å². The number of hydrogen-bond donors (Lipinski definition) is 2. The van der Waals surface area contributed by atoms with Gasteiger partial charge < -0.3 is 15.2 Å². The van der Waals surface area contributed by atoms with Crippen LogP contribution in [0.4, 0.5) is 0 Å². The van der Waals surface area contributed by atoms with Gasteiger partial charge in [0.2, 0.25) is 5.91 Å². The van der Waals surface area contributed by atoms with Gasteiger partial charge in [0.05, 0.1) is 13.0 Å². The van der Waals surface area contributed by atoms with E-state index in [-0.39, 0.29) is 18.7 Å². The predicted molar refractivity (Wildman–Crippen MR) is 94.7 cm³/mol. The van der Waals surface area contributed by atoms with Crippen molar-refractivity contribution in [2.24, 2.45) is 0 Å². The fraction of sp³-hybridized carbons (Fsp3) is 0.556. The van der Waals surface area contributed by atoms with E-state index in [1.54, 1.807) is 6.07 Å². The molecule has 0 saturated carbocycles. The number of amides is 1. The van der Waals surface area contributed by atoms with Crippen molar-refractivity contribution in [2.45, 2.75) is 51.9 Å². The SMILES string of the molecule is CCCCCCOc1ccc(Cl)cc1CCNC(=O)CCC(=O)O. The van der Waals surface area contributed by atoms with E-state index in [2.05, 4.69) is 12.2 Å². The van der Waals surface area contributed by atoms with Gasteiger partial charge >= 0.3 is 5.97 Å². The number of hydrogen-bond acceptors (Lipinski definition) is 3. The molecule has 0 saturated heterocycles. The number of unbranched alkanes of at least 4 members (excludes halogenated alkanes) is 3. The van der Waals surface area contributed by atoms with Crippen LogP contribution in [-0.2, 0) is 16.0 Å². The highest BCUT2D eigenvalue weighted by Gasteiger charge is 2.08. The minimum Gasteiger partial charge on any atom is -0.493 e. The number of aliphatic carboxylic acids is 1. The first-order valence-corrected chi connectivity index (χ1v) is 8.80. The van der Waals surface area contributed by atoms with Crippen molar-refractivity contribution in [3.63, 3.8) is 0 Å². The highest BCUT2D eigenvalue weighted by Crippen LogP contribution is 2.23. The number of carbonyl (C=O) groups is 2. The summed E-state index contributed by atoms with van der Waals surface area (Å²) in [4.78, 5) is 22.0. The Labute approximate surface area is 148 Å². The number of halogens is 1. The fourth-order valence-corrected chi connectivity index (χ4v) is 2.44. The second kappa shape index (κ2) is 11.7.